The zero-order valence-electron chi connectivity index (χ0n) is 9.89. The number of rotatable bonds is 3. The third-order valence-electron chi connectivity index (χ3n) is 2.75. The summed E-state index contributed by atoms with van der Waals surface area (Å²) in [6.45, 7) is 1.91. The Morgan fingerprint density at radius 3 is 2.71 bits per heavy atom. The number of aromatic nitrogens is 2. The van der Waals surface area contributed by atoms with Crippen LogP contribution in [0.3, 0.4) is 0 Å². The van der Waals surface area contributed by atoms with E-state index in [0.29, 0.717) is 11.4 Å². The monoisotopic (exact) mass is 250 g/mol. The van der Waals surface area contributed by atoms with E-state index in [1.54, 1.807) is 4.68 Å². The minimum Gasteiger partial charge on any atom is -0.386 e. The molecule has 90 valence electrons. The molecule has 0 saturated carbocycles. The third-order valence-corrected chi connectivity index (χ3v) is 3.12. The lowest BCUT2D eigenvalue weighted by molar-refractivity contribution is 0.168. The van der Waals surface area contributed by atoms with E-state index in [0.717, 1.165) is 17.0 Å². The van der Waals surface area contributed by atoms with E-state index in [9.17, 15) is 5.11 Å². The molecule has 0 saturated heterocycles. The van der Waals surface area contributed by atoms with Crippen LogP contribution < -0.4 is 0 Å². The van der Waals surface area contributed by atoms with Crippen LogP contribution in [0.25, 0.3) is 0 Å². The van der Waals surface area contributed by atoms with Gasteiger partial charge >= 0.3 is 0 Å². The molecule has 3 nitrogen and oxygen atoms in total. The highest BCUT2D eigenvalue weighted by atomic mass is 35.5. The van der Waals surface area contributed by atoms with Gasteiger partial charge in [0.1, 0.15) is 0 Å². The predicted molar refractivity (Wildman–Crippen MR) is 68.1 cm³/mol. The van der Waals surface area contributed by atoms with Crippen molar-refractivity contribution in [1.82, 2.24) is 9.78 Å². The Bertz CT molecular complexity index is 522. The van der Waals surface area contributed by atoms with Gasteiger partial charge in [-0.3, -0.25) is 4.68 Å². The van der Waals surface area contributed by atoms with Crippen molar-refractivity contribution in [1.29, 1.82) is 0 Å². The second kappa shape index (κ2) is 4.90. The Morgan fingerprint density at radius 2 is 2.12 bits per heavy atom. The van der Waals surface area contributed by atoms with Gasteiger partial charge in [-0.1, -0.05) is 29.8 Å². The van der Waals surface area contributed by atoms with Crippen molar-refractivity contribution in [3.8, 4) is 0 Å². The maximum Gasteiger partial charge on any atom is 0.0997 e. The Hall–Kier alpha value is -1.32. The fourth-order valence-electron chi connectivity index (χ4n) is 1.92. The number of aryl methyl sites for hydroxylation is 2. The molecule has 0 aliphatic carbocycles. The van der Waals surface area contributed by atoms with Crippen LogP contribution in [0, 0.1) is 6.92 Å². The number of halogens is 1. The standard InChI is InChI=1S/C13H15ClN2O/c1-9-7-12(16(2)15-9)13(17)8-10-5-3-4-6-11(10)14/h3-7,13,17H,8H2,1-2H3. The van der Waals surface area contributed by atoms with Crippen LogP contribution >= 0.6 is 11.6 Å². The van der Waals surface area contributed by atoms with Gasteiger partial charge in [0.15, 0.2) is 0 Å². The fraction of sp³-hybridized carbons (Fsp3) is 0.308. The first-order chi connectivity index (χ1) is 8.08. The molecule has 17 heavy (non-hydrogen) atoms. The molecular weight excluding hydrogens is 236 g/mol. The molecular formula is C13H15ClN2O. The zero-order chi connectivity index (χ0) is 12.4. The van der Waals surface area contributed by atoms with Gasteiger partial charge in [0, 0.05) is 18.5 Å². The molecule has 1 unspecified atom stereocenters. The van der Waals surface area contributed by atoms with Crippen LogP contribution in [-0.4, -0.2) is 14.9 Å². The van der Waals surface area contributed by atoms with Gasteiger partial charge in [0.05, 0.1) is 17.5 Å². The molecule has 0 amide bonds. The zero-order valence-corrected chi connectivity index (χ0v) is 10.6. The second-order valence-corrected chi connectivity index (χ2v) is 4.55. The fourth-order valence-corrected chi connectivity index (χ4v) is 2.13. The average Bonchev–Trinajstić information content (AvgIpc) is 2.61. The van der Waals surface area contributed by atoms with Crippen LogP contribution in [0.2, 0.25) is 5.02 Å². The molecule has 2 aromatic rings. The van der Waals surface area contributed by atoms with E-state index in [1.807, 2.05) is 44.3 Å². The molecule has 0 spiro atoms. The van der Waals surface area contributed by atoms with Gasteiger partial charge in [0.2, 0.25) is 0 Å². The van der Waals surface area contributed by atoms with Gasteiger partial charge in [0.25, 0.3) is 0 Å². The lowest BCUT2D eigenvalue weighted by Gasteiger charge is -2.11. The largest absolute Gasteiger partial charge is 0.386 e. The maximum absolute atomic E-state index is 10.2. The van der Waals surface area contributed by atoms with Crippen molar-refractivity contribution < 1.29 is 5.11 Å². The number of hydrogen-bond acceptors (Lipinski definition) is 2. The van der Waals surface area contributed by atoms with Crippen LogP contribution in [0.1, 0.15) is 23.1 Å². The number of nitrogens with zero attached hydrogens (tertiary/aromatic N) is 2. The predicted octanol–water partition coefficient (Wildman–Crippen LogP) is 2.66. The minimum atomic E-state index is -0.582. The van der Waals surface area contributed by atoms with Crippen LogP contribution in [0.5, 0.6) is 0 Å². The minimum absolute atomic E-state index is 0.499. The van der Waals surface area contributed by atoms with E-state index in [2.05, 4.69) is 5.10 Å². The first-order valence-corrected chi connectivity index (χ1v) is 5.87. The summed E-state index contributed by atoms with van der Waals surface area (Å²) in [5, 5.41) is 15.1. The summed E-state index contributed by atoms with van der Waals surface area (Å²) >= 11 is 6.07. The molecule has 1 aromatic heterocycles. The average molecular weight is 251 g/mol. The summed E-state index contributed by atoms with van der Waals surface area (Å²) < 4.78 is 1.71. The normalized spacial score (nSPS) is 12.7. The van der Waals surface area contributed by atoms with E-state index in [1.165, 1.54) is 0 Å². The summed E-state index contributed by atoms with van der Waals surface area (Å²) in [7, 11) is 1.83. The van der Waals surface area contributed by atoms with Gasteiger partial charge < -0.3 is 5.11 Å². The maximum atomic E-state index is 10.2. The van der Waals surface area contributed by atoms with E-state index in [4.69, 9.17) is 11.6 Å². The molecule has 1 N–H and O–H groups in total. The molecule has 0 radical (unpaired) electrons. The smallest absolute Gasteiger partial charge is 0.0997 e. The van der Waals surface area contributed by atoms with Crippen molar-refractivity contribution in [2.24, 2.45) is 7.05 Å². The highest BCUT2D eigenvalue weighted by molar-refractivity contribution is 6.31. The lowest BCUT2D eigenvalue weighted by Crippen LogP contribution is -2.08. The van der Waals surface area contributed by atoms with E-state index < -0.39 is 6.10 Å². The van der Waals surface area contributed by atoms with Gasteiger partial charge in [-0.05, 0) is 24.6 Å². The molecule has 0 aliphatic rings. The summed E-state index contributed by atoms with van der Waals surface area (Å²) in [5.74, 6) is 0. The topological polar surface area (TPSA) is 38.0 Å². The van der Waals surface area contributed by atoms with Crippen LogP contribution in [-0.2, 0) is 13.5 Å². The Morgan fingerprint density at radius 1 is 1.41 bits per heavy atom. The molecule has 4 heteroatoms. The summed E-state index contributed by atoms with van der Waals surface area (Å²) in [6, 6.07) is 9.45. The highest BCUT2D eigenvalue weighted by Crippen LogP contribution is 2.23. The van der Waals surface area contributed by atoms with Gasteiger partial charge in [-0.25, -0.2) is 0 Å². The second-order valence-electron chi connectivity index (χ2n) is 4.15. The molecule has 1 heterocycles. The van der Waals surface area contributed by atoms with Gasteiger partial charge in [-0.15, -0.1) is 0 Å². The van der Waals surface area contributed by atoms with Gasteiger partial charge in [-0.2, -0.15) is 5.10 Å². The third kappa shape index (κ3) is 2.68. The first-order valence-electron chi connectivity index (χ1n) is 5.50. The quantitative estimate of drug-likeness (QED) is 0.910. The Balaban J connectivity index is 2.20. The summed E-state index contributed by atoms with van der Waals surface area (Å²) in [5.41, 5.74) is 2.66. The van der Waals surface area contributed by atoms with Crippen molar-refractivity contribution in [2.45, 2.75) is 19.4 Å². The number of aliphatic hydroxyl groups excluding tert-OH is 1. The van der Waals surface area contributed by atoms with Crippen LogP contribution in [0.15, 0.2) is 30.3 Å². The summed E-state index contributed by atoms with van der Waals surface area (Å²) in [4.78, 5) is 0. The molecule has 1 aromatic carbocycles. The molecule has 0 bridgehead atoms. The van der Waals surface area contributed by atoms with E-state index >= 15 is 0 Å². The summed E-state index contributed by atoms with van der Waals surface area (Å²) in [6.07, 6.45) is -0.0837. The van der Waals surface area contributed by atoms with E-state index in [-0.39, 0.29) is 0 Å². The van der Waals surface area contributed by atoms with Crippen molar-refractivity contribution in [2.75, 3.05) is 0 Å². The first kappa shape index (κ1) is 12.1. The van der Waals surface area contributed by atoms with Crippen LogP contribution in [0.4, 0.5) is 0 Å². The SMILES string of the molecule is Cc1cc(C(O)Cc2ccccc2Cl)n(C)n1. The molecule has 1 atom stereocenters. The number of benzene rings is 1. The lowest BCUT2D eigenvalue weighted by atomic mass is 10.1. The number of hydrogen-bond donors (Lipinski definition) is 1. The Labute approximate surface area is 106 Å². The molecule has 0 fully saturated rings. The molecule has 0 aliphatic heterocycles. The Kier molecular flexibility index (Phi) is 3.50. The molecule has 2 rings (SSSR count). The highest BCUT2D eigenvalue weighted by Gasteiger charge is 2.14. The number of aliphatic hydroxyl groups is 1. The van der Waals surface area contributed by atoms with Crippen molar-refractivity contribution in [3.63, 3.8) is 0 Å². The van der Waals surface area contributed by atoms with Crippen molar-refractivity contribution >= 4 is 11.6 Å². The van der Waals surface area contributed by atoms with Crippen molar-refractivity contribution in [3.05, 3.63) is 52.3 Å².